The first-order valence-electron chi connectivity index (χ1n) is 10.2. The lowest BCUT2D eigenvalue weighted by atomic mass is 9.97. The van der Waals surface area contributed by atoms with Crippen molar-refractivity contribution < 1.29 is 36.9 Å². The minimum atomic E-state index is -4.61. The summed E-state index contributed by atoms with van der Waals surface area (Å²) in [5, 5.41) is 9.32. The molecule has 2 aromatic rings. The lowest BCUT2D eigenvalue weighted by Gasteiger charge is -2.24. The zero-order valence-corrected chi connectivity index (χ0v) is 18.5. The van der Waals surface area contributed by atoms with E-state index in [1.807, 2.05) is 26.0 Å². The van der Waals surface area contributed by atoms with Crippen LogP contribution in [0.5, 0.6) is 5.75 Å². The Hall–Kier alpha value is -2.61. The molecule has 32 heavy (non-hydrogen) atoms. The first-order chi connectivity index (χ1) is 14.8. The van der Waals surface area contributed by atoms with Crippen LogP contribution in [-0.4, -0.2) is 23.8 Å². The molecule has 1 fully saturated rings. The highest BCUT2D eigenvalue weighted by atomic mass is 19.4. The van der Waals surface area contributed by atoms with Crippen molar-refractivity contribution in [3.8, 4) is 5.75 Å². The Morgan fingerprint density at radius 1 is 1.12 bits per heavy atom. The molecular formula is C24H26F4O4. The molecule has 3 atom stereocenters. The average molecular weight is 454 g/mol. The van der Waals surface area contributed by atoms with E-state index in [2.05, 4.69) is 0 Å². The molecule has 4 nitrogen and oxygen atoms in total. The van der Waals surface area contributed by atoms with Gasteiger partial charge in [-0.3, -0.25) is 0 Å². The topological polar surface area (TPSA) is 55.8 Å². The van der Waals surface area contributed by atoms with Crippen molar-refractivity contribution in [2.24, 2.45) is 5.92 Å². The molecule has 3 unspecified atom stereocenters. The van der Waals surface area contributed by atoms with E-state index >= 15 is 0 Å². The van der Waals surface area contributed by atoms with E-state index in [4.69, 9.17) is 9.47 Å². The molecule has 174 valence electrons. The van der Waals surface area contributed by atoms with Gasteiger partial charge < -0.3 is 14.6 Å². The minimum Gasteiger partial charge on any atom is -0.478 e. The van der Waals surface area contributed by atoms with Gasteiger partial charge in [0.15, 0.2) is 5.60 Å². The van der Waals surface area contributed by atoms with Gasteiger partial charge in [0, 0.05) is 12.7 Å². The summed E-state index contributed by atoms with van der Waals surface area (Å²) in [6, 6.07) is 6.32. The highest BCUT2D eigenvalue weighted by Crippen LogP contribution is 2.56. The Balaban J connectivity index is 1.83. The zero-order valence-electron chi connectivity index (χ0n) is 18.5. The quantitative estimate of drug-likeness (QED) is 0.507. The van der Waals surface area contributed by atoms with Gasteiger partial charge >= 0.3 is 12.1 Å². The van der Waals surface area contributed by atoms with Crippen molar-refractivity contribution >= 4 is 5.97 Å². The number of alkyl halides is 3. The summed E-state index contributed by atoms with van der Waals surface area (Å²) in [4.78, 5) is 11.4. The summed E-state index contributed by atoms with van der Waals surface area (Å²) < 4.78 is 64.3. The second-order valence-electron chi connectivity index (χ2n) is 8.80. The normalized spacial score (nSPS) is 19.5. The number of carbonyl (C=O) groups is 1. The molecule has 1 saturated carbocycles. The van der Waals surface area contributed by atoms with Gasteiger partial charge in [0.05, 0.1) is 11.7 Å². The van der Waals surface area contributed by atoms with Gasteiger partial charge in [-0.1, -0.05) is 18.2 Å². The van der Waals surface area contributed by atoms with Crippen LogP contribution in [0.15, 0.2) is 30.3 Å². The molecule has 1 N–H and O–H groups in total. The van der Waals surface area contributed by atoms with E-state index < -0.39 is 35.2 Å². The zero-order chi connectivity index (χ0) is 24.0. The fourth-order valence-corrected chi connectivity index (χ4v) is 4.06. The smallest absolute Gasteiger partial charge is 0.416 e. The first-order valence-corrected chi connectivity index (χ1v) is 10.2. The third-order valence-electron chi connectivity index (χ3n) is 5.90. The van der Waals surface area contributed by atoms with Crippen LogP contribution in [-0.2, 0) is 15.7 Å². The lowest BCUT2D eigenvalue weighted by Crippen LogP contribution is -2.38. The van der Waals surface area contributed by atoms with Crippen LogP contribution in [0.3, 0.4) is 0 Å². The molecule has 2 aromatic carbocycles. The van der Waals surface area contributed by atoms with Crippen LogP contribution in [0.25, 0.3) is 0 Å². The number of ether oxygens (including phenoxy) is 2. The van der Waals surface area contributed by atoms with Crippen molar-refractivity contribution in [2.75, 3.05) is 7.11 Å². The Labute approximate surface area is 184 Å². The van der Waals surface area contributed by atoms with Gasteiger partial charge in [0.25, 0.3) is 0 Å². The van der Waals surface area contributed by atoms with Gasteiger partial charge in [-0.2, -0.15) is 13.2 Å². The Bertz CT molecular complexity index is 1010. The summed E-state index contributed by atoms with van der Waals surface area (Å²) in [6.45, 7) is 6.59. The van der Waals surface area contributed by atoms with Crippen LogP contribution in [0, 0.1) is 25.6 Å². The maximum absolute atomic E-state index is 14.5. The maximum atomic E-state index is 14.5. The number of halogens is 4. The number of rotatable bonds is 7. The van der Waals surface area contributed by atoms with E-state index in [1.54, 1.807) is 0 Å². The molecular weight excluding hydrogens is 428 g/mol. The SMILES string of the molecule is COC(c1ccc(C(F)(F)F)cc1F)C1CC1c1cc(C)c(OC(C)(C)C(=O)O)c(C)c1. The molecule has 0 aromatic heterocycles. The Morgan fingerprint density at radius 2 is 1.72 bits per heavy atom. The van der Waals surface area contributed by atoms with E-state index in [0.717, 1.165) is 28.8 Å². The maximum Gasteiger partial charge on any atom is 0.416 e. The Morgan fingerprint density at radius 3 is 2.19 bits per heavy atom. The second kappa shape index (κ2) is 8.39. The number of carboxylic acids is 1. The fraction of sp³-hybridized carbons (Fsp3) is 0.458. The first kappa shape index (κ1) is 24.0. The van der Waals surface area contributed by atoms with Gasteiger partial charge in [-0.25, -0.2) is 9.18 Å². The highest BCUT2D eigenvalue weighted by molar-refractivity contribution is 5.77. The Kier molecular flexibility index (Phi) is 6.30. The molecule has 0 radical (unpaired) electrons. The fourth-order valence-electron chi connectivity index (χ4n) is 4.06. The lowest BCUT2D eigenvalue weighted by molar-refractivity contribution is -0.152. The monoisotopic (exact) mass is 454 g/mol. The number of benzene rings is 2. The average Bonchev–Trinajstić information content (AvgIpc) is 3.46. The van der Waals surface area contributed by atoms with Crippen molar-refractivity contribution in [1.29, 1.82) is 0 Å². The number of aliphatic carboxylic acids is 1. The molecule has 0 bridgehead atoms. The molecule has 0 amide bonds. The predicted molar refractivity (Wildman–Crippen MR) is 110 cm³/mol. The van der Waals surface area contributed by atoms with Crippen molar-refractivity contribution in [1.82, 2.24) is 0 Å². The van der Waals surface area contributed by atoms with Gasteiger partial charge in [-0.05, 0) is 74.8 Å². The summed E-state index contributed by atoms with van der Waals surface area (Å²) in [7, 11) is 1.42. The molecule has 0 aliphatic heterocycles. The highest BCUT2D eigenvalue weighted by Gasteiger charge is 2.46. The minimum absolute atomic E-state index is 0.0422. The van der Waals surface area contributed by atoms with Crippen LogP contribution in [0.2, 0.25) is 0 Å². The van der Waals surface area contributed by atoms with Crippen molar-refractivity contribution in [3.63, 3.8) is 0 Å². The summed E-state index contributed by atoms with van der Waals surface area (Å²) in [5.41, 5.74) is 0.196. The number of aryl methyl sites for hydroxylation is 2. The van der Waals surface area contributed by atoms with Crippen molar-refractivity contribution in [2.45, 2.75) is 57.9 Å². The van der Waals surface area contributed by atoms with Crippen LogP contribution in [0.1, 0.15) is 60.1 Å². The van der Waals surface area contributed by atoms with Crippen molar-refractivity contribution in [3.05, 3.63) is 64.0 Å². The number of carboxylic acid groups (broad SMARTS) is 1. The molecule has 3 rings (SSSR count). The standard InChI is InChI=1S/C24H26F4O4/c1-12-8-14(9-13(2)20(12)32-23(3,4)22(29)30)17-11-18(17)21(31-5)16-7-6-15(10-19(16)25)24(26,27)28/h6-10,17-18,21H,11H2,1-5H3,(H,29,30). The molecule has 0 spiro atoms. The third kappa shape index (κ3) is 4.75. The third-order valence-corrected chi connectivity index (χ3v) is 5.90. The van der Waals surface area contributed by atoms with Crippen LogP contribution < -0.4 is 4.74 Å². The van der Waals surface area contributed by atoms with Crippen LogP contribution in [0.4, 0.5) is 17.6 Å². The summed E-state index contributed by atoms with van der Waals surface area (Å²) in [6.07, 6.45) is -4.60. The van der Waals surface area contributed by atoms with Gasteiger partial charge in [0.2, 0.25) is 0 Å². The number of methoxy groups -OCH3 is 1. The van der Waals surface area contributed by atoms with E-state index in [9.17, 15) is 27.5 Å². The molecule has 1 aliphatic carbocycles. The van der Waals surface area contributed by atoms with E-state index in [-0.39, 0.29) is 17.4 Å². The molecule has 0 heterocycles. The molecule has 1 aliphatic rings. The van der Waals surface area contributed by atoms with E-state index in [0.29, 0.717) is 18.2 Å². The number of hydrogen-bond donors (Lipinski definition) is 1. The summed E-state index contributed by atoms with van der Waals surface area (Å²) in [5.74, 6) is -1.57. The van der Waals surface area contributed by atoms with Gasteiger partial charge in [-0.15, -0.1) is 0 Å². The molecule has 0 saturated heterocycles. The number of hydrogen-bond acceptors (Lipinski definition) is 3. The second-order valence-corrected chi connectivity index (χ2v) is 8.80. The largest absolute Gasteiger partial charge is 0.478 e. The van der Waals surface area contributed by atoms with E-state index in [1.165, 1.54) is 21.0 Å². The van der Waals surface area contributed by atoms with Crippen LogP contribution >= 0.6 is 0 Å². The summed E-state index contributed by atoms with van der Waals surface area (Å²) >= 11 is 0. The molecule has 8 heteroatoms. The predicted octanol–water partition coefficient (Wildman–Crippen LogP) is 6.19. The van der Waals surface area contributed by atoms with Gasteiger partial charge in [0.1, 0.15) is 11.6 Å².